The summed E-state index contributed by atoms with van der Waals surface area (Å²) in [7, 11) is 1.67. The van der Waals surface area contributed by atoms with Gasteiger partial charge < -0.3 is 14.7 Å². The first-order valence-corrected chi connectivity index (χ1v) is 7.66. The Labute approximate surface area is 141 Å². The minimum Gasteiger partial charge on any atom is -0.452 e. The van der Waals surface area contributed by atoms with E-state index in [4.69, 9.17) is 9.84 Å². The molecule has 0 atom stereocenters. The summed E-state index contributed by atoms with van der Waals surface area (Å²) in [6.45, 7) is 2.08. The molecule has 0 aliphatic carbocycles. The number of likely N-dealkylation sites (N-methyl/N-ethyl adjacent to an activating group) is 1. The van der Waals surface area contributed by atoms with Gasteiger partial charge in [0.05, 0.1) is 12.2 Å². The molecule has 0 bridgehead atoms. The minimum absolute atomic E-state index is 0.0857. The zero-order chi connectivity index (χ0) is 17.5. The van der Waals surface area contributed by atoms with E-state index in [1.807, 2.05) is 31.2 Å². The largest absolute Gasteiger partial charge is 0.452 e. The second-order valence-electron chi connectivity index (χ2n) is 5.67. The van der Waals surface area contributed by atoms with Crippen LogP contribution in [0.5, 0.6) is 0 Å². The summed E-state index contributed by atoms with van der Waals surface area (Å²) in [6, 6.07) is 14.3. The van der Waals surface area contributed by atoms with E-state index in [1.165, 1.54) is 4.90 Å². The average Bonchev–Trinajstić information content (AvgIpc) is 2.61. The zero-order valence-corrected chi connectivity index (χ0v) is 13.9. The van der Waals surface area contributed by atoms with E-state index in [0.29, 0.717) is 17.7 Å². The lowest BCUT2D eigenvalue weighted by Crippen LogP contribution is -2.30. The maximum atomic E-state index is 12.1. The van der Waals surface area contributed by atoms with Crippen LogP contribution in [0, 0.1) is 6.92 Å². The fraction of sp³-hybridized carbons (Fsp3) is 0.263. The second-order valence-corrected chi connectivity index (χ2v) is 5.67. The van der Waals surface area contributed by atoms with Crippen LogP contribution in [0.4, 0.5) is 0 Å². The molecule has 126 valence electrons. The van der Waals surface area contributed by atoms with Gasteiger partial charge in [-0.05, 0) is 30.2 Å². The van der Waals surface area contributed by atoms with Gasteiger partial charge in [-0.3, -0.25) is 4.79 Å². The lowest BCUT2D eigenvalue weighted by atomic mass is 10.1. The number of hydrogen-bond donors (Lipinski definition) is 1. The number of aliphatic hydroxyl groups is 1. The maximum absolute atomic E-state index is 12.1. The molecule has 1 amide bonds. The summed E-state index contributed by atoms with van der Waals surface area (Å²) in [4.78, 5) is 25.5. The molecule has 24 heavy (non-hydrogen) atoms. The normalized spacial score (nSPS) is 10.3. The van der Waals surface area contributed by atoms with Crippen molar-refractivity contribution in [3.05, 3.63) is 70.8 Å². The molecule has 2 rings (SSSR count). The van der Waals surface area contributed by atoms with Crippen molar-refractivity contribution in [3.63, 3.8) is 0 Å². The minimum atomic E-state index is -0.559. The average molecular weight is 327 g/mol. The van der Waals surface area contributed by atoms with Crippen molar-refractivity contribution >= 4 is 11.9 Å². The highest BCUT2D eigenvalue weighted by molar-refractivity contribution is 5.91. The Morgan fingerprint density at radius 1 is 1.00 bits per heavy atom. The maximum Gasteiger partial charge on any atom is 0.338 e. The van der Waals surface area contributed by atoms with E-state index in [0.717, 1.165) is 11.1 Å². The fourth-order valence-electron chi connectivity index (χ4n) is 2.12. The number of hydrogen-bond acceptors (Lipinski definition) is 4. The lowest BCUT2D eigenvalue weighted by molar-refractivity contribution is -0.133. The third-order valence-corrected chi connectivity index (χ3v) is 3.67. The third-order valence-electron chi connectivity index (χ3n) is 3.67. The molecule has 0 heterocycles. The third kappa shape index (κ3) is 4.93. The van der Waals surface area contributed by atoms with Gasteiger partial charge in [-0.25, -0.2) is 4.79 Å². The molecule has 5 nitrogen and oxygen atoms in total. The number of rotatable bonds is 6. The monoisotopic (exact) mass is 327 g/mol. The van der Waals surface area contributed by atoms with Crippen LogP contribution in [0.1, 0.15) is 27.0 Å². The first-order chi connectivity index (χ1) is 11.5. The SMILES string of the molecule is Cc1ccc(CN(C)C(=O)COC(=O)c2ccc(CO)cc2)cc1. The van der Waals surface area contributed by atoms with Crippen LogP contribution in [-0.2, 0) is 22.7 Å². The van der Waals surface area contributed by atoms with Crippen LogP contribution in [0.3, 0.4) is 0 Å². The Morgan fingerprint density at radius 3 is 2.17 bits per heavy atom. The molecule has 0 radical (unpaired) electrons. The van der Waals surface area contributed by atoms with Gasteiger partial charge in [-0.15, -0.1) is 0 Å². The molecule has 5 heteroatoms. The Balaban J connectivity index is 1.84. The van der Waals surface area contributed by atoms with Gasteiger partial charge in [0.25, 0.3) is 5.91 Å². The molecule has 1 N–H and O–H groups in total. The molecule has 0 aliphatic heterocycles. The van der Waals surface area contributed by atoms with E-state index in [2.05, 4.69) is 0 Å². The van der Waals surface area contributed by atoms with Crippen molar-refractivity contribution in [2.24, 2.45) is 0 Å². The highest BCUT2D eigenvalue weighted by atomic mass is 16.5. The van der Waals surface area contributed by atoms with Crippen molar-refractivity contribution in [2.75, 3.05) is 13.7 Å². The van der Waals surface area contributed by atoms with Crippen LogP contribution < -0.4 is 0 Å². The smallest absolute Gasteiger partial charge is 0.338 e. The number of esters is 1. The Morgan fingerprint density at radius 2 is 1.58 bits per heavy atom. The zero-order valence-electron chi connectivity index (χ0n) is 13.9. The van der Waals surface area contributed by atoms with Gasteiger partial charge in [0.15, 0.2) is 6.61 Å². The number of ether oxygens (including phenoxy) is 1. The summed E-state index contributed by atoms with van der Waals surface area (Å²) >= 11 is 0. The summed E-state index contributed by atoms with van der Waals surface area (Å²) in [5, 5.41) is 8.97. The van der Waals surface area contributed by atoms with E-state index in [1.54, 1.807) is 31.3 Å². The number of benzene rings is 2. The van der Waals surface area contributed by atoms with E-state index >= 15 is 0 Å². The summed E-state index contributed by atoms with van der Waals surface area (Å²) in [5.41, 5.74) is 3.23. The predicted octanol–water partition coefficient (Wildman–Crippen LogP) is 2.30. The van der Waals surface area contributed by atoms with E-state index in [-0.39, 0.29) is 19.1 Å². The molecule has 0 saturated carbocycles. The van der Waals surface area contributed by atoms with Gasteiger partial charge in [0, 0.05) is 13.6 Å². The topological polar surface area (TPSA) is 66.8 Å². The lowest BCUT2D eigenvalue weighted by Gasteiger charge is -2.17. The number of amides is 1. The van der Waals surface area contributed by atoms with Crippen LogP contribution in [0.2, 0.25) is 0 Å². The highest BCUT2D eigenvalue weighted by Gasteiger charge is 2.13. The van der Waals surface area contributed by atoms with Gasteiger partial charge in [-0.2, -0.15) is 0 Å². The van der Waals surface area contributed by atoms with Crippen LogP contribution in [-0.4, -0.2) is 35.5 Å². The first-order valence-electron chi connectivity index (χ1n) is 7.66. The molecule has 2 aromatic rings. The first kappa shape index (κ1) is 17.7. The fourth-order valence-corrected chi connectivity index (χ4v) is 2.12. The van der Waals surface area contributed by atoms with E-state index in [9.17, 15) is 9.59 Å². The molecule has 0 spiro atoms. The molecule has 0 aromatic heterocycles. The molecule has 0 saturated heterocycles. The number of aryl methyl sites for hydroxylation is 1. The quantitative estimate of drug-likeness (QED) is 0.827. The number of carbonyl (C=O) groups excluding carboxylic acids is 2. The second kappa shape index (κ2) is 8.26. The number of aliphatic hydroxyl groups excluding tert-OH is 1. The molecular weight excluding hydrogens is 306 g/mol. The Hall–Kier alpha value is -2.66. The van der Waals surface area contributed by atoms with Crippen molar-refractivity contribution in [2.45, 2.75) is 20.1 Å². The van der Waals surface area contributed by atoms with Gasteiger partial charge in [0.2, 0.25) is 0 Å². The molecule has 0 aliphatic rings. The Kier molecular flexibility index (Phi) is 6.09. The molecule has 2 aromatic carbocycles. The number of carbonyl (C=O) groups is 2. The van der Waals surface area contributed by atoms with Gasteiger partial charge in [0.1, 0.15) is 0 Å². The van der Waals surface area contributed by atoms with Gasteiger partial charge >= 0.3 is 5.97 Å². The summed E-state index contributed by atoms with van der Waals surface area (Å²) < 4.78 is 5.05. The molecular formula is C19H21NO4. The van der Waals surface area contributed by atoms with Crippen LogP contribution in [0.25, 0.3) is 0 Å². The van der Waals surface area contributed by atoms with Crippen LogP contribution in [0.15, 0.2) is 48.5 Å². The van der Waals surface area contributed by atoms with E-state index < -0.39 is 5.97 Å². The van der Waals surface area contributed by atoms with Crippen LogP contribution >= 0.6 is 0 Å². The summed E-state index contributed by atoms with van der Waals surface area (Å²) in [5.74, 6) is -0.826. The standard InChI is InChI=1S/C19H21NO4/c1-14-3-5-15(6-4-14)11-20(2)18(22)13-24-19(23)17-9-7-16(12-21)8-10-17/h3-10,21H,11-13H2,1-2H3. The highest BCUT2D eigenvalue weighted by Crippen LogP contribution is 2.08. The summed E-state index contributed by atoms with van der Waals surface area (Å²) in [6.07, 6.45) is 0. The van der Waals surface area contributed by atoms with Gasteiger partial charge in [-0.1, -0.05) is 42.0 Å². The molecule has 0 unspecified atom stereocenters. The number of nitrogens with zero attached hydrogens (tertiary/aromatic N) is 1. The van der Waals surface area contributed by atoms with Crippen molar-refractivity contribution in [1.29, 1.82) is 0 Å². The predicted molar refractivity (Wildman–Crippen MR) is 90.3 cm³/mol. The Bertz CT molecular complexity index is 692. The molecule has 0 fully saturated rings. The van der Waals surface area contributed by atoms with Crippen molar-refractivity contribution < 1.29 is 19.4 Å². The van der Waals surface area contributed by atoms with Crippen molar-refractivity contribution in [1.82, 2.24) is 4.90 Å². The van der Waals surface area contributed by atoms with Crippen molar-refractivity contribution in [3.8, 4) is 0 Å².